The van der Waals surface area contributed by atoms with E-state index >= 15 is 0 Å². The van der Waals surface area contributed by atoms with Crippen LogP contribution >= 0.6 is 0 Å². The lowest BCUT2D eigenvalue weighted by molar-refractivity contribution is 0.0491. The number of hydrogen-bond acceptors (Lipinski definition) is 7. The highest BCUT2D eigenvalue weighted by molar-refractivity contribution is 7.92. The zero-order valence-corrected chi connectivity index (χ0v) is 24.0. The highest BCUT2D eigenvalue weighted by Crippen LogP contribution is 2.32. The summed E-state index contributed by atoms with van der Waals surface area (Å²) in [4.78, 5) is 17.1. The van der Waals surface area contributed by atoms with Gasteiger partial charge < -0.3 is 19.0 Å². The van der Waals surface area contributed by atoms with Gasteiger partial charge in [0, 0.05) is 49.4 Å². The van der Waals surface area contributed by atoms with Crippen LogP contribution in [0.5, 0.6) is 0 Å². The van der Waals surface area contributed by atoms with Gasteiger partial charge in [-0.25, -0.2) is 13.2 Å². The number of sulfonamides is 1. The van der Waals surface area contributed by atoms with Crippen LogP contribution in [0, 0.1) is 6.92 Å². The number of carbonyl (C=O) groups excluding carboxylic acids is 1. The van der Waals surface area contributed by atoms with Gasteiger partial charge >= 0.3 is 5.97 Å². The smallest absolute Gasteiger partial charge is 0.374 e. The van der Waals surface area contributed by atoms with Crippen molar-refractivity contribution in [1.82, 2.24) is 4.90 Å². The number of nitrogens with zero attached hydrogens (tertiary/aromatic N) is 3. The van der Waals surface area contributed by atoms with Crippen molar-refractivity contribution >= 4 is 38.3 Å². The van der Waals surface area contributed by atoms with Crippen molar-refractivity contribution in [2.45, 2.75) is 25.2 Å². The summed E-state index contributed by atoms with van der Waals surface area (Å²) in [6.45, 7) is 7.81. The second-order valence-electron chi connectivity index (χ2n) is 10.1. The molecule has 40 heavy (non-hydrogen) atoms. The van der Waals surface area contributed by atoms with Crippen molar-refractivity contribution in [3.8, 4) is 0 Å². The minimum Gasteiger partial charge on any atom is -0.460 e. The van der Waals surface area contributed by atoms with Crippen LogP contribution in [0.25, 0.3) is 11.0 Å². The molecule has 0 aliphatic carbocycles. The summed E-state index contributed by atoms with van der Waals surface area (Å²) in [6, 6.07) is 22.3. The Morgan fingerprint density at radius 1 is 0.975 bits per heavy atom. The Morgan fingerprint density at radius 3 is 2.35 bits per heavy atom. The zero-order valence-electron chi connectivity index (χ0n) is 23.2. The number of aryl methyl sites for hydroxylation is 1. The molecular formula is C31H35N3O5S. The van der Waals surface area contributed by atoms with Gasteiger partial charge in [0.1, 0.15) is 5.58 Å². The lowest BCUT2D eigenvalue weighted by Gasteiger charge is -2.34. The molecule has 2 heterocycles. The molecule has 9 heteroatoms. The Labute approximate surface area is 235 Å². The summed E-state index contributed by atoms with van der Waals surface area (Å²) < 4.78 is 40.6. The summed E-state index contributed by atoms with van der Waals surface area (Å²) in [6.07, 6.45) is 0.556. The van der Waals surface area contributed by atoms with Crippen LogP contribution in [0.1, 0.15) is 28.6 Å². The fourth-order valence-corrected chi connectivity index (χ4v) is 6.53. The first kappa shape index (κ1) is 27.7. The number of anilines is 2. The number of carbonyl (C=O) groups is 1. The van der Waals surface area contributed by atoms with Crippen LogP contribution in [0.4, 0.5) is 11.4 Å². The van der Waals surface area contributed by atoms with E-state index in [1.54, 1.807) is 26.0 Å². The third-order valence-corrected chi connectivity index (χ3v) is 9.23. The van der Waals surface area contributed by atoms with Gasteiger partial charge in [-0.2, -0.15) is 0 Å². The number of piperazine rings is 1. The Morgan fingerprint density at radius 2 is 1.68 bits per heavy atom. The predicted octanol–water partition coefficient (Wildman–Crippen LogP) is 5.11. The molecule has 8 nitrogen and oxygen atoms in total. The number of furan rings is 1. The molecule has 0 N–H and O–H groups in total. The number of likely N-dealkylation sites (N-methyl/N-ethyl adjacent to an activating group) is 1. The van der Waals surface area contributed by atoms with Crippen molar-refractivity contribution in [1.29, 1.82) is 0 Å². The second kappa shape index (κ2) is 11.7. The molecule has 0 spiro atoms. The Bertz CT molecular complexity index is 1570. The van der Waals surface area contributed by atoms with E-state index in [2.05, 4.69) is 16.8 Å². The fraction of sp³-hybridized carbons (Fsp3) is 0.323. The average molecular weight is 562 g/mol. The maximum Gasteiger partial charge on any atom is 0.374 e. The summed E-state index contributed by atoms with van der Waals surface area (Å²) in [5.74, 6) is -0.475. The first-order chi connectivity index (χ1) is 19.3. The molecule has 0 saturated carbocycles. The van der Waals surface area contributed by atoms with E-state index in [9.17, 15) is 13.2 Å². The lowest BCUT2D eigenvalue weighted by atomic mass is 10.1. The van der Waals surface area contributed by atoms with E-state index in [4.69, 9.17) is 9.15 Å². The molecule has 0 amide bonds. The Balaban J connectivity index is 1.49. The van der Waals surface area contributed by atoms with Crippen molar-refractivity contribution in [2.75, 3.05) is 55.6 Å². The van der Waals surface area contributed by atoms with Crippen LogP contribution in [0.15, 0.2) is 82.1 Å². The van der Waals surface area contributed by atoms with Gasteiger partial charge in [-0.15, -0.1) is 0 Å². The Kier molecular flexibility index (Phi) is 8.14. The summed E-state index contributed by atoms with van der Waals surface area (Å²) in [5, 5.41) is 0.567. The molecule has 3 aromatic carbocycles. The van der Waals surface area contributed by atoms with E-state index in [1.165, 1.54) is 10.4 Å². The number of ether oxygens (including phenoxy) is 1. The van der Waals surface area contributed by atoms with Gasteiger partial charge in [0.25, 0.3) is 10.0 Å². The molecule has 210 valence electrons. The van der Waals surface area contributed by atoms with Gasteiger partial charge in [-0.3, -0.25) is 4.31 Å². The number of hydrogen-bond donors (Lipinski definition) is 0. The first-order valence-corrected chi connectivity index (χ1v) is 15.0. The van der Waals surface area contributed by atoms with Gasteiger partial charge in [-0.1, -0.05) is 30.3 Å². The molecule has 0 atom stereocenters. The number of rotatable bonds is 9. The largest absolute Gasteiger partial charge is 0.460 e. The molecule has 0 unspecified atom stereocenters. The maximum atomic E-state index is 14.2. The molecule has 0 radical (unpaired) electrons. The number of benzene rings is 3. The van der Waals surface area contributed by atoms with Gasteiger partial charge in [0.2, 0.25) is 5.76 Å². The maximum absolute atomic E-state index is 14.2. The molecule has 0 bridgehead atoms. The minimum absolute atomic E-state index is 0.0897. The van der Waals surface area contributed by atoms with Gasteiger partial charge in [-0.05, 0) is 75.3 Å². The SMILES string of the molecule is CCOC(=O)c1oc2ccc(S(=O)(=O)N(CCc3ccccc3)c3ccc(N4CCN(C)CC4)cc3)cc2c1C. The van der Waals surface area contributed by atoms with Crippen LogP contribution in [-0.2, 0) is 21.2 Å². The highest BCUT2D eigenvalue weighted by atomic mass is 32.2. The molecule has 1 fully saturated rings. The molecule has 1 aliphatic heterocycles. The zero-order chi connectivity index (χ0) is 28.3. The third-order valence-electron chi connectivity index (χ3n) is 7.41. The van der Waals surface area contributed by atoms with Crippen molar-refractivity contribution in [2.24, 2.45) is 0 Å². The monoisotopic (exact) mass is 561 g/mol. The quantitative estimate of drug-likeness (QED) is 0.263. The molecule has 1 saturated heterocycles. The summed E-state index contributed by atoms with van der Waals surface area (Å²) in [5.41, 5.74) is 3.73. The third kappa shape index (κ3) is 5.71. The van der Waals surface area contributed by atoms with E-state index in [0.717, 1.165) is 37.4 Å². The molecule has 5 rings (SSSR count). The molecule has 1 aliphatic rings. The molecule has 4 aromatic rings. The number of esters is 1. The second-order valence-corrected chi connectivity index (χ2v) is 11.9. The molecule has 1 aromatic heterocycles. The van der Waals surface area contributed by atoms with E-state index in [0.29, 0.717) is 28.6 Å². The van der Waals surface area contributed by atoms with E-state index in [1.807, 2.05) is 54.6 Å². The average Bonchev–Trinajstić information content (AvgIpc) is 3.30. The van der Waals surface area contributed by atoms with E-state index < -0.39 is 16.0 Å². The standard InChI is InChI=1S/C31H35N3O5S/c1-4-38-31(35)30-23(2)28-22-27(14-15-29(28)39-30)40(36,37)34(17-16-24-8-6-5-7-9-24)26-12-10-25(11-13-26)33-20-18-32(3)19-21-33/h5-15,22H,4,16-21H2,1-3H3. The van der Waals surface area contributed by atoms with Crippen molar-refractivity contribution in [3.63, 3.8) is 0 Å². The predicted molar refractivity (Wildman–Crippen MR) is 158 cm³/mol. The summed E-state index contributed by atoms with van der Waals surface area (Å²) in [7, 11) is -1.82. The van der Waals surface area contributed by atoms with Crippen LogP contribution in [-0.4, -0.2) is 65.7 Å². The van der Waals surface area contributed by atoms with Crippen molar-refractivity contribution in [3.05, 3.63) is 89.7 Å². The van der Waals surface area contributed by atoms with Crippen LogP contribution in [0.2, 0.25) is 0 Å². The lowest BCUT2D eigenvalue weighted by Crippen LogP contribution is -2.44. The van der Waals surface area contributed by atoms with Crippen molar-refractivity contribution < 1.29 is 22.4 Å². The highest BCUT2D eigenvalue weighted by Gasteiger charge is 2.27. The minimum atomic E-state index is -3.94. The molecular weight excluding hydrogens is 526 g/mol. The van der Waals surface area contributed by atoms with E-state index in [-0.39, 0.29) is 23.8 Å². The van der Waals surface area contributed by atoms with Crippen LogP contribution < -0.4 is 9.21 Å². The normalized spacial score (nSPS) is 14.4. The topological polar surface area (TPSA) is 83.3 Å². The fourth-order valence-electron chi connectivity index (χ4n) is 5.04. The first-order valence-electron chi connectivity index (χ1n) is 13.6. The van der Waals surface area contributed by atoms with Gasteiger partial charge in [0.05, 0.1) is 17.2 Å². The van der Waals surface area contributed by atoms with Crippen LogP contribution in [0.3, 0.4) is 0 Å². The number of fused-ring (bicyclic) bond motifs is 1. The van der Waals surface area contributed by atoms with Gasteiger partial charge in [0.15, 0.2) is 0 Å². The summed E-state index contributed by atoms with van der Waals surface area (Å²) >= 11 is 0. The Hall–Kier alpha value is -3.82.